The summed E-state index contributed by atoms with van der Waals surface area (Å²) in [6.45, 7) is 2.07. The fourth-order valence-electron chi connectivity index (χ4n) is 2.47. The molecule has 1 unspecified atom stereocenters. The van der Waals surface area contributed by atoms with Crippen molar-refractivity contribution in [2.45, 2.75) is 38.0 Å². The predicted octanol–water partition coefficient (Wildman–Crippen LogP) is 4.64. The molecule has 1 aromatic carbocycles. The zero-order chi connectivity index (χ0) is 13.0. The van der Waals surface area contributed by atoms with E-state index in [4.69, 9.17) is 11.6 Å². The number of carbonyl (C=O) groups is 1. The van der Waals surface area contributed by atoms with Gasteiger partial charge in [-0.25, -0.2) is 0 Å². The lowest BCUT2D eigenvalue weighted by molar-refractivity contribution is -0.108. The minimum Gasteiger partial charge on any atom is -0.303 e. The third-order valence-electron chi connectivity index (χ3n) is 3.70. The second-order valence-corrected chi connectivity index (χ2v) is 6.60. The molecule has 0 spiro atoms. The van der Waals surface area contributed by atoms with E-state index in [0.717, 1.165) is 11.3 Å². The van der Waals surface area contributed by atoms with Crippen LogP contribution in [0.5, 0.6) is 0 Å². The average molecular weight is 283 g/mol. The molecule has 1 aliphatic heterocycles. The molecule has 3 heteroatoms. The Morgan fingerprint density at radius 2 is 2.17 bits per heavy atom. The summed E-state index contributed by atoms with van der Waals surface area (Å²) in [7, 11) is 0. The molecular formula is C15H19ClOS. The standard InChI is InChI=1S/C15H19ClOS/c1-11(4-7-17)13-2-3-14(15(16)10-13)12-5-8-18-9-6-12/h2-3,7,10-12H,4-6,8-9H2,1H3. The van der Waals surface area contributed by atoms with E-state index in [2.05, 4.69) is 19.1 Å². The molecule has 18 heavy (non-hydrogen) atoms. The van der Waals surface area contributed by atoms with Crippen LogP contribution in [-0.2, 0) is 4.79 Å². The van der Waals surface area contributed by atoms with Crippen LogP contribution in [0.15, 0.2) is 18.2 Å². The van der Waals surface area contributed by atoms with Crippen molar-refractivity contribution in [3.63, 3.8) is 0 Å². The zero-order valence-corrected chi connectivity index (χ0v) is 12.3. The third-order valence-corrected chi connectivity index (χ3v) is 5.08. The van der Waals surface area contributed by atoms with E-state index < -0.39 is 0 Å². The van der Waals surface area contributed by atoms with Gasteiger partial charge in [0.05, 0.1) is 0 Å². The number of hydrogen-bond acceptors (Lipinski definition) is 2. The van der Waals surface area contributed by atoms with Gasteiger partial charge in [0.2, 0.25) is 0 Å². The molecule has 0 saturated carbocycles. The first-order valence-corrected chi connectivity index (χ1v) is 8.06. The van der Waals surface area contributed by atoms with E-state index in [0.29, 0.717) is 12.3 Å². The molecule has 1 atom stereocenters. The van der Waals surface area contributed by atoms with E-state index in [1.165, 1.54) is 35.5 Å². The molecule has 0 aromatic heterocycles. The average Bonchev–Trinajstić information content (AvgIpc) is 2.40. The minimum atomic E-state index is 0.260. The third kappa shape index (κ3) is 3.30. The first kappa shape index (κ1) is 14.0. The minimum absolute atomic E-state index is 0.260. The molecule has 1 fully saturated rings. The molecule has 0 bridgehead atoms. The van der Waals surface area contributed by atoms with Crippen LogP contribution in [0.2, 0.25) is 5.02 Å². The summed E-state index contributed by atoms with van der Waals surface area (Å²) in [5.74, 6) is 3.36. The summed E-state index contributed by atoms with van der Waals surface area (Å²) in [6.07, 6.45) is 4.00. The topological polar surface area (TPSA) is 17.1 Å². The van der Waals surface area contributed by atoms with Gasteiger partial charge in [0.15, 0.2) is 0 Å². The predicted molar refractivity (Wildman–Crippen MR) is 79.8 cm³/mol. The van der Waals surface area contributed by atoms with Crippen molar-refractivity contribution in [2.75, 3.05) is 11.5 Å². The van der Waals surface area contributed by atoms with Gasteiger partial charge in [-0.1, -0.05) is 30.7 Å². The second-order valence-electron chi connectivity index (χ2n) is 4.97. The van der Waals surface area contributed by atoms with Crippen LogP contribution in [0.25, 0.3) is 0 Å². The van der Waals surface area contributed by atoms with Crippen LogP contribution in [0, 0.1) is 0 Å². The van der Waals surface area contributed by atoms with Crippen LogP contribution in [0.1, 0.15) is 49.1 Å². The van der Waals surface area contributed by atoms with Gasteiger partial charge in [-0.3, -0.25) is 0 Å². The fourth-order valence-corrected chi connectivity index (χ4v) is 3.92. The maximum atomic E-state index is 10.6. The van der Waals surface area contributed by atoms with Crippen molar-refractivity contribution in [3.8, 4) is 0 Å². The highest BCUT2D eigenvalue weighted by Gasteiger charge is 2.19. The van der Waals surface area contributed by atoms with Crippen LogP contribution < -0.4 is 0 Å². The van der Waals surface area contributed by atoms with Gasteiger partial charge in [-0.05, 0) is 53.4 Å². The van der Waals surface area contributed by atoms with Gasteiger partial charge in [0, 0.05) is 11.4 Å². The van der Waals surface area contributed by atoms with Crippen LogP contribution in [-0.4, -0.2) is 17.8 Å². The number of carbonyl (C=O) groups excluding carboxylic acids is 1. The molecule has 0 aliphatic carbocycles. The molecule has 0 N–H and O–H groups in total. The van der Waals surface area contributed by atoms with Crippen molar-refractivity contribution < 1.29 is 4.79 Å². The molecule has 98 valence electrons. The summed E-state index contributed by atoms with van der Waals surface area (Å²) in [6, 6.07) is 6.35. The lowest BCUT2D eigenvalue weighted by atomic mass is 9.90. The van der Waals surface area contributed by atoms with Crippen molar-refractivity contribution >= 4 is 29.6 Å². The Bertz CT molecular complexity index is 413. The molecule has 1 aromatic rings. The molecular weight excluding hydrogens is 264 g/mol. The van der Waals surface area contributed by atoms with Gasteiger partial charge in [-0.2, -0.15) is 11.8 Å². The Hall–Kier alpha value is -0.470. The summed E-state index contributed by atoms with van der Waals surface area (Å²) in [5.41, 5.74) is 2.46. The van der Waals surface area contributed by atoms with Crippen LogP contribution in [0.3, 0.4) is 0 Å². The Morgan fingerprint density at radius 1 is 1.44 bits per heavy atom. The summed E-state index contributed by atoms with van der Waals surface area (Å²) in [4.78, 5) is 10.6. The van der Waals surface area contributed by atoms with Crippen molar-refractivity contribution in [3.05, 3.63) is 34.3 Å². The van der Waals surface area contributed by atoms with E-state index in [1.54, 1.807) is 0 Å². The fraction of sp³-hybridized carbons (Fsp3) is 0.533. The molecule has 2 rings (SSSR count). The Kier molecular flexibility index (Phi) is 5.13. The lowest BCUT2D eigenvalue weighted by Gasteiger charge is -2.23. The molecule has 1 nitrogen and oxygen atoms in total. The maximum Gasteiger partial charge on any atom is 0.120 e. The first-order chi connectivity index (χ1) is 8.72. The number of aldehydes is 1. The Balaban J connectivity index is 2.16. The van der Waals surface area contributed by atoms with Crippen LogP contribution >= 0.6 is 23.4 Å². The smallest absolute Gasteiger partial charge is 0.120 e. The van der Waals surface area contributed by atoms with Gasteiger partial charge < -0.3 is 4.79 Å². The van der Waals surface area contributed by atoms with Crippen molar-refractivity contribution in [1.29, 1.82) is 0 Å². The number of rotatable bonds is 4. The molecule has 1 saturated heterocycles. The van der Waals surface area contributed by atoms with Gasteiger partial charge >= 0.3 is 0 Å². The van der Waals surface area contributed by atoms with Crippen molar-refractivity contribution in [2.24, 2.45) is 0 Å². The normalized spacial score (nSPS) is 18.6. The van der Waals surface area contributed by atoms with Crippen LogP contribution in [0.4, 0.5) is 0 Å². The number of thioether (sulfide) groups is 1. The quantitative estimate of drug-likeness (QED) is 0.748. The largest absolute Gasteiger partial charge is 0.303 e. The monoisotopic (exact) mass is 282 g/mol. The highest BCUT2D eigenvalue weighted by Crippen LogP contribution is 2.36. The first-order valence-electron chi connectivity index (χ1n) is 6.53. The van der Waals surface area contributed by atoms with E-state index in [-0.39, 0.29) is 5.92 Å². The van der Waals surface area contributed by atoms with Gasteiger partial charge in [0.1, 0.15) is 6.29 Å². The number of benzene rings is 1. The lowest BCUT2D eigenvalue weighted by Crippen LogP contribution is -2.08. The van der Waals surface area contributed by atoms with E-state index >= 15 is 0 Å². The molecule has 0 amide bonds. The zero-order valence-electron chi connectivity index (χ0n) is 10.7. The van der Waals surface area contributed by atoms with Gasteiger partial charge in [-0.15, -0.1) is 0 Å². The molecule has 1 aliphatic rings. The Morgan fingerprint density at radius 3 is 2.78 bits per heavy atom. The second kappa shape index (κ2) is 6.63. The maximum absolute atomic E-state index is 10.6. The highest BCUT2D eigenvalue weighted by molar-refractivity contribution is 7.99. The van der Waals surface area contributed by atoms with Crippen molar-refractivity contribution in [1.82, 2.24) is 0 Å². The Labute approximate surface area is 118 Å². The van der Waals surface area contributed by atoms with E-state index in [9.17, 15) is 4.79 Å². The summed E-state index contributed by atoms with van der Waals surface area (Å²) in [5, 5.41) is 0.877. The molecule has 0 radical (unpaired) electrons. The highest BCUT2D eigenvalue weighted by atomic mass is 35.5. The number of hydrogen-bond donors (Lipinski definition) is 0. The van der Waals surface area contributed by atoms with E-state index in [1.807, 2.05) is 17.8 Å². The molecule has 1 heterocycles. The van der Waals surface area contributed by atoms with Gasteiger partial charge in [0.25, 0.3) is 0 Å². The SMILES string of the molecule is CC(CC=O)c1ccc(C2CCSCC2)c(Cl)c1. The summed E-state index contributed by atoms with van der Waals surface area (Å²) >= 11 is 8.44. The number of halogens is 1. The summed E-state index contributed by atoms with van der Waals surface area (Å²) < 4.78 is 0.